The number of nitrogens with one attached hydrogen (secondary N) is 1. The highest BCUT2D eigenvalue weighted by molar-refractivity contribution is 5.60. The average Bonchev–Trinajstić information content (AvgIpc) is 2.47. The fraction of sp³-hybridized carbons (Fsp3) is 0.294. The van der Waals surface area contributed by atoms with Crippen molar-refractivity contribution in [2.75, 3.05) is 19.5 Å². The van der Waals surface area contributed by atoms with E-state index in [4.69, 9.17) is 9.47 Å². The van der Waals surface area contributed by atoms with E-state index >= 15 is 0 Å². The summed E-state index contributed by atoms with van der Waals surface area (Å²) in [4.78, 5) is 0. The summed E-state index contributed by atoms with van der Waals surface area (Å²) in [6.07, 6.45) is 0. The Balaban J connectivity index is 2.27. The van der Waals surface area contributed by atoms with Crippen LogP contribution in [0.15, 0.2) is 42.5 Å². The Hall–Kier alpha value is -2.16. The minimum Gasteiger partial charge on any atom is -0.497 e. The van der Waals surface area contributed by atoms with Crippen molar-refractivity contribution in [3.8, 4) is 11.5 Å². The lowest BCUT2D eigenvalue weighted by molar-refractivity contribution is 0.404. The van der Waals surface area contributed by atoms with Crippen LogP contribution in [0.25, 0.3) is 0 Å². The second kappa shape index (κ2) is 6.33. The minimum atomic E-state index is 0.192. The van der Waals surface area contributed by atoms with Crippen LogP contribution in [0.4, 0.5) is 5.69 Å². The van der Waals surface area contributed by atoms with Crippen LogP contribution in [0, 0.1) is 6.92 Å². The van der Waals surface area contributed by atoms with Crippen LogP contribution in [0.2, 0.25) is 0 Å². The SMILES string of the molecule is COc1ccc(OC)c(NC(C)c2ccccc2C)c1. The molecule has 0 aliphatic heterocycles. The summed E-state index contributed by atoms with van der Waals surface area (Å²) in [6.45, 7) is 4.26. The molecule has 2 aromatic rings. The summed E-state index contributed by atoms with van der Waals surface area (Å²) < 4.78 is 10.7. The molecule has 0 heterocycles. The number of benzene rings is 2. The highest BCUT2D eigenvalue weighted by Crippen LogP contribution is 2.32. The smallest absolute Gasteiger partial charge is 0.142 e. The molecule has 0 aromatic heterocycles. The first-order chi connectivity index (χ1) is 9.65. The van der Waals surface area contributed by atoms with Crippen molar-refractivity contribution in [1.82, 2.24) is 0 Å². The maximum atomic E-state index is 5.39. The highest BCUT2D eigenvalue weighted by Gasteiger charge is 2.11. The first kappa shape index (κ1) is 14.3. The van der Waals surface area contributed by atoms with Gasteiger partial charge < -0.3 is 14.8 Å². The zero-order valence-corrected chi connectivity index (χ0v) is 12.4. The van der Waals surface area contributed by atoms with Crippen molar-refractivity contribution in [2.45, 2.75) is 19.9 Å². The third-order valence-electron chi connectivity index (χ3n) is 3.43. The van der Waals surface area contributed by atoms with Gasteiger partial charge in [0.15, 0.2) is 0 Å². The molecule has 3 heteroatoms. The Morgan fingerprint density at radius 2 is 1.75 bits per heavy atom. The van der Waals surface area contributed by atoms with Gasteiger partial charge in [-0.3, -0.25) is 0 Å². The molecule has 20 heavy (non-hydrogen) atoms. The van der Waals surface area contributed by atoms with Gasteiger partial charge in [-0.25, -0.2) is 0 Å². The van der Waals surface area contributed by atoms with Gasteiger partial charge in [0, 0.05) is 12.1 Å². The highest BCUT2D eigenvalue weighted by atomic mass is 16.5. The molecule has 1 atom stereocenters. The van der Waals surface area contributed by atoms with Gasteiger partial charge in [-0.05, 0) is 37.1 Å². The summed E-state index contributed by atoms with van der Waals surface area (Å²) >= 11 is 0. The van der Waals surface area contributed by atoms with Crippen molar-refractivity contribution in [1.29, 1.82) is 0 Å². The zero-order chi connectivity index (χ0) is 14.5. The van der Waals surface area contributed by atoms with Gasteiger partial charge >= 0.3 is 0 Å². The predicted octanol–water partition coefficient (Wildman–Crippen LogP) is 4.19. The Morgan fingerprint density at radius 1 is 1.00 bits per heavy atom. The zero-order valence-electron chi connectivity index (χ0n) is 12.4. The van der Waals surface area contributed by atoms with E-state index in [1.54, 1.807) is 14.2 Å². The molecule has 3 nitrogen and oxygen atoms in total. The van der Waals surface area contributed by atoms with E-state index in [2.05, 4.69) is 43.4 Å². The van der Waals surface area contributed by atoms with Crippen LogP contribution in [0.1, 0.15) is 24.1 Å². The van der Waals surface area contributed by atoms with Gasteiger partial charge in [-0.15, -0.1) is 0 Å². The Bertz CT molecular complexity index is 581. The molecule has 0 amide bonds. The topological polar surface area (TPSA) is 30.5 Å². The van der Waals surface area contributed by atoms with E-state index in [0.29, 0.717) is 0 Å². The molecular weight excluding hydrogens is 250 g/mol. The number of hydrogen-bond donors (Lipinski definition) is 1. The second-order valence-corrected chi connectivity index (χ2v) is 4.79. The number of rotatable bonds is 5. The predicted molar refractivity (Wildman–Crippen MR) is 82.8 cm³/mol. The van der Waals surface area contributed by atoms with Gasteiger partial charge in [0.25, 0.3) is 0 Å². The first-order valence-electron chi connectivity index (χ1n) is 6.69. The van der Waals surface area contributed by atoms with Crippen LogP contribution in [-0.2, 0) is 0 Å². The van der Waals surface area contributed by atoms with E-state index in [1.165, 1.54) is 11.1 Å². The molecule has 2 rings (SSSR count). The Labute approximate surface area is 120 Å². The molecule has 0 radical (unpaired) electrons. The molecule has 0 aliphatic carbocycles. The van der Waals surface area contributed by atoms with Gasteiger partial charge in [-0.2, -0.15) is 0 Å². The Morgan fingerprint density at radius 3 is 2.40 bits per heavy atom. The first-order valence-corrected chi connectivity index (χ1v) is 6.69. The normalized spacial score (nSPS) is 11.8. The third-order valence-corrected chi connectivity index (χ3v) is 3.43. The molecule has 0 spiro atoms. The van der Waals surface area contributed by atoms with Crippen molar-refractivity contribution >= 4 is 5.69 Å². The number of hydrogen-bond acceptors (Lipinski definition) is 3. The monoisotopic (exact) mass is 271 g/mol. The number of aryl methyl sites for hydroxylation is 1. The molecule has 0 saturated carbocycles. The van der Waals surface area contributed by atoms with Crippen molar-refractivity contribution in [3.63, 3.8) is 0 Å². The van der Waals surface area contributed by atoms with Crippen LogP contribution in [0.3, 0.4) is 0 Å². The summed E-state index contributed by atoms with van der Waals surface area (Å²) in [5, 5.41) is 3.49. The minimum absolute atomic E-state index is 0.192. The van der Waals surface area contributed by atoms with Crippen LogP contribution >= 0.6 is 0 Å². The van der Waals surface area contributed by atoms with Crippen LogP contribution in [-0.4, -0.2) is 14.2 Å². The summed E-state index contributed by atoms with van der Waals surface area (Å²) in [6, 6.07) is 14.3. The molecule has 106 valence electrons. The average molecular weight is 271 g/mol. The van der Waals surface area contributed by atoms with Gasteiger partial charge in [0.1, 0.15) is 11.5 Å². The summed E-state index contributed by atoms with van der Waals surface area (Å²) in [7, 11) is 3.34. The molecule has 0 bridgehead atoms. The molecule has 0 saturated heterocycles. The lowest BCUT2D eigenvalue weighted by atomic mass is 10.0. The van der Waals surface area contributed by atoms with Crippen molar-refractivity contribution in [2.24, 2.45) is 0 Å². The van der Waals surface area contributed by atoms with Gasteiger partial charge in [0.2, 0.25) is 0 Å². The van der Waals surface area contributed by atoms with Crippen LogP contribution in [0.5, 0.6) is 11.5 Å². The Kier molecular flexibility index (Phi) is 4.51. The van der Waals surface area contributed by atoms with Crippen LogP contribution < -0.4 is 14.8 Å². The van der Waals surface area contributed by atoms with E-state index in [1.807, 2.05) is 18.2 Å². The standard InChI is InChI=1S/C17H21NO2/c1-12-7-5-6-8-15(12)13(2)18-16-11-14(19-3)9-10-17(16)20-4/h5-11,13,18H,1-4H3. The van der Waals surface area contributed by atoms with Gasteiger partial charge in [-0.1, -0.05) is 24.3 Å². The summed E-state index contributed by atoms with van der Waals surface area (Å²) in [5.41, 5.74) is 3.48. The molecule has 0 fully saturated rings. The van der Waals surface area contributed by atoms with E-state index in [-0.39, 0.29) is 6.04 Å². The second-order valence-electron chi connectivity index (χ2n) is 4.79. The quantitative estimate of drug-likeness (QED) is 0.884. The summed E-state index contributed by atoms with van der Waals surface area (Å²) in [5.74, 6) is 1.62. The molecule has 1 N–H and O–H groups in total. The maximum absolute atomic E-state index is 5.39. The van der Waals surface area contributed by atoms with E-state index < -0.39 is 0 Å². The lowest BCUT2D eigenvalue weighted by Gasteiger charge is -2.20. The fourth-order valence-corrected chi connectivity index (χ4v) is 2.31. The molecule has 1 unspecified atom stereocenters. The molecular formula is C17H21NO2. The van der Waals surface area contributed by atoms with E-state index in [0.717, 1.165) is 17.2 Å². The molecule has 0 aliphatic rings. The third kappa shape index (κ3) is 3.05. The maximum Gasteiger partial charge on any atom is 0.142 e. The number of ether oxygens (including phenoxy) is 2. The van der Waals surface area contributed by atoms with Gasteiger partial charge in [0.05, 0.1) is 19.9 Å². The number of anilines is 1. The number of methoxy groups -OCH3 is 2. The van der Waals surface area contributed by atoms with Crippen molar-refractivity contribution in [3.05, 3.63) is 53.6 Å². The molecule has 2 aromatic carbocycles. The van der Waals surface area contributed by atoms with Crippen molar-refractivity contribution < 1.29 is 9.47 Å². The van der Waals surface area contributed by atoms with E-state index in [9.17, 15) is 0 Å². The fourth-order valence-electron chi connectivity index (χ4n) is 2.31. The lowest BCUT2D eigenvalue weighted by Crippen LogP contribution is -2.09. The largest absolute Gasteiger partial charge is 0.497 e.